The number of nitriles is 1. The van der Waals surface area contributed by atoms with Crippen LogP contribution in [0.4, 0.5) is 5.69 Å². The number of rotatable bonds is 6. The molecule has 4 nitrogen and oxygen atoms in total. The molecule has 0 saturated heterocycles. The highest BCUT2D eigenvalue weighted by atomic mass is 16.1. The van der Waals surface area contributed by atoms with Crippen molar-refractivity contribution in [3.63, 3.8) is 0 Å². The highest BCUT2D eigenvalue weighted by Gasteiger charge is 2.04. The van der Waals surface area contributed by atoms with Crippen molar-refractivity contribution in [2.75, 3.05) is 5.32 Å². The summed E-state index contributed by atoms with van der Waals surface area (Å²) in [6, 6.07) is 15.0. The normalized spacial score (nSPS) is 9.86. The molecule has 106 valence electrons. The van der Waals surface area contributed by atoms with E-state index in [2.05, 4.69) is 16.0 Å². The van der Waals surface area contributed by atoms with Crippen LogP contribution >= 0.6 is 0 Å². The quantitative estimate of drug-likeness (QED) is 0.653. The van der Waals surface area contributed by atoms with Crippen molar-refractivity contribution in [3.05, 3.63) is 60.4 Å². The Labute approximate surface area is 124 Å². The second kappa shape index (κ2) is 7.81. The fourth-order valence-electron chi connectivity index (χ4n) is 2.05. The van der Waals surface area contributed by atoms with Gasteiger partial charge >= 0.3 is 0 Å². The van der Waals surface area contributed by atoms with Crippen LogP contribution in [0.1, 0.15) is 24.8 Å². The molecule has 1 N–H and O–H groups in total. The van der Waals surface area contributed by atoms with Gasteiger partial charge in [-0.05, 0) is 24.6 Å². The van der Waals surface area contributed by atoms with E-state index in [9.17, 15) is 4.79 Å². The Balaban J connectivity index is 1.71. The van der Waals surface area contributed by atoms with E-state index in [1.807, 2.05) is 30.6 Å². The highest BCUT2D eigenvalue weighted by Crippen LogP contribution is 2.10. The standard InChI is InChI=1S/C17H17N3O/c18-14-15-7-6-8-16(13-15)19-17(21)9-2-5-12-20-10-3-1-4-11-20/h1,3-4,6-8,10-11,13H,2,5,9,12H2/p+1. The minimum atomic E-state index is -0.0110. The number of amides is 1. The fourth-order valence-corrected chi connectivity index (χ4v) is 2.05. The van der Waals surface area contributed by atoms with Crippen molar-refractivity contribution in [2.24, 2.45) is 0 Å². The third kappa shape index (κ3) is 5.07. The molecule has 1 aromatic carbocycles. The first-order valence-electron chi connectivity index (χ1n) is 7.02. The van der Waals surface area contributed by atoms with Gasteiger partial charge in [0.1, 0.15) is 6.54 Å². The SMILES string of the molecule is N#Cc1cccc(NC(=O)CCCC[n+]2ccccc2)c1. The Kier molecular flexibility index (Phi) is 5.48. The molecular formula is C17H18N3O+. The number of aromatic nitrogens is 1. The van der Waals surface area contributed by atoms with Crippen molar-refractivity contribution >= 4 is 11.6 Å². The number of hydrogen-bond donors (Lipinski definition) is 1. The van der Waals surface area contributed by atoms with Gasteiger partial charge < -0.3 is 5.32 Å². The summed E-state index contributed by atoms with van der Waals surface area (Å²) in [5, 5.41) is 11.6. The molecule has 1 aromatic heterocycles. The average Bonchev–Trinajstić information content (AvgIpc) is 2.53. The van der Waals surface area contributed by atoms with Crippen molar-refractivity contribution in [1.29, 1.82) is 5.26 Å². The second-order valence-electron chi connectivity index (χ2n) is 4.81. The molecule has 0 fully saturated rings. The summed E-state index contributed by atoms with van der Waals surface area (Å²) >= 11 is 0. The van der Waals surface area contributed by atoms with Gasteiger partial charge in [0.25, 0.3) is 0 Å². The van der Waals surface area contributed by atoms with Gasteiger partial charge in [0.2, 0.25) is 5.91 Å². The van der Waals surface area contributed by atoms with Crippen LogP contribution < -0.4 is 9.88 Å². The number of unbranched alkanes of at least 4 members (excludes halogenated alkanes) is 1. The summed E-state index contributed by atoms with van der Waals surface area (Å²) < 4.78 is 2.11. The van der Waals surface area contributed by atoms with Gasteiger partial charge in [0.15, 0.2) is 12.4 Å². The van der Waals surface area contributed by atoms with E-state index in [-0.39, 0.29) is 5.91 Å². The monoisotopic (exact) mass is 280 g/mol. The lowest BCUT2D eigenvalue weighted by atomic mass is 10.2. The van der Waals surface area contributed by atoms with Crippen molar-refractivity contribution < 1.29 is 9.36 Å². The van der Waals surface area contributed by atoms with Crippen LogP contribution in [0, 0.1) is 11.3 Å². The second-order valence-corrected chi connectivity index (χ2v) is 4.81. The van der Waals surface area contributed by atoms with Gasteiger partial charge in [0.05, 0.1) is 11.6 Å². The van der Waals surface area contributed by atoms with Gasteiger partial charge in [0, 0.05) is 30.7 Å². The molecule has 0 unspecified atom stereocenters. The summed E-state index contributed by atoms with van der Waals surface area (Å²) in [4.78, 5) is 11.8. The number of hydrogen-bond acceptors (Lipinski definition) is 2. The predicted octanol–water partition coefficient (Wildman–Crippen LogP) is 2.65. The summed E-state index contributed by atoms with van der Waals surface area (Å²) in [5.74, 6) is -0.0110. The molecule has 21 heavy (non-hydrogen) atoms. The number of carbonyl (C=O) groups is 1. The summed E-state index contributed by atoms with van der Waals surface area (Å²) in [7, 11) is 0. The van der Waals surface area contributed by atoms with Crippen LogP contribution in [-0.2, 0) is 11.3 Å². The van der Waals surface area contributed by atoms with Crippen LogP contribution in [0.3, 0.4) is 0 Å². The van der Waals surface area contributed by atoms with Gasteiger partial charge in [-0.1, -0.05) is 12.1 Å². The molecule has 2 aromatic rings. The van der Waals surface area contributed by atoms with E-state index < -0.39 is 0 Å². The lowest BCUT2D eigenvalue weighted by Crippen LogP contribution is -2.32. The van der Waals surface area contributed by atoms with Gasteiger partial charge in [-0.25, -0.2) is 4.57 Å². The molecule has 0 atom stereocenters. The van der Waals surface area contributed by atoms with E-state index in [1.54, 1.807) is 24.3 Å². The lowest BCUT2D eigenvalue weighted by molar-refractivity contribution is -0.697. The molecule has 0 bridgehead atoms. The van der Waals surface area contributed by atoms with E-state index in [4.69, 9.17) is 5.26 Å². The van der Waals surface area contributed by atoms with Gasteiger partial charge in [-0.2, -0.15) is 5.26 Å². The van der Waals surface area contributed by atoms with Crippen LogP contribution in [0.25, 0.3) is 0 Å². The molecular weight excluding hydrogens is 262 g/mol. The Morgan fingerprint density at radius 2 is 1.95 bits per heavy atom. The predicted molar refractivity (Wildman–Crippen MR) is 80.3 cm³/mol. The third-order valence-corrected chi connectivity index (χ3v) is 3.12. The Morgan fingerprint density at radius 3 is 2.71 bits per heavy atom. The molecule has 0 aliphatic carbocycles. The highest BCUT2D eigenvalue weighted by molar-refractivity contribution is 5.90. The number of nitrogens with one attached hydrogen (secondary N) is 1. The summed E-state index contributed by atoms with van der Waals surface area (Å²) in [5.41, 5.74) is 1.23. The molecule has 4 heteroatoms. The van der Waals surface area contributed by atoms with Crippen LogP contribution in [0.15, 0.2) is 54.9 Å². The number of pyridine rings is 1. The maximum Gasteiger partial charge on any atom is 0.224 e. The molecule has 0 saturated carbocycles. The van der Waals surface area contributed by atoms with Crippen LogP contribution in [0.5, 0.6) is 0 Å². The lowest BCUT2D eigenvalue weighted by Gasteiger charge is -2.04. The number of nitrogens with zero attached hydrogens (tertiary/aromatic N) is 2. The fraction of sp³-hybridized carbons (Fsp3) is 0.235. The maximum atomic E-state index is 11.8. The summed E-state index contributed by atoms with van der Waals surface area (Å²) in [6.45, 7) is 0.915. The zero-order valence-electron chi connectivity index (χ0n) is 11.8. The molecule has 2 rings (SSSR count). The molecule has 1 heterocycles. The number of carbonyl (C=O) groups excluding carboxylic acids is 1. The molecule has 0 aliphatic heterocycles. The number of benzene rings is 1. The molecule has 0 aliphatic rings. The Morgan fingerprint density at radius 1 is 1.14 bits per heavy atom. The summed E-state index contributed by atoms with van der Waals surface area (Å²) in [6.07, 6.45) is 6.33. The largest absolute Gasteiger partial charge is 0.326 e. The first-order valence-corrected chi connectivity index (χ1v) is 7.02. The zero-order chi connectivity index (χ0) is 14.9. The molecule has 0 radical (unpaired) electrons. The van der Waals surface area contributed by atoms with E-state index in [1.165, 1.54) is 0 Å². The van der Waals surface area contributed by atoms with E-state index in [0.717, 1.165) is 19.4 Å². The average molecular weight is 280 g/mol. The minimum Gasteiger partial charge on any atom is -0.326 e. The van der Waals surface area contributed by atoms with Crippen molar-refractivity contribution in [2.45, 2.75) is 25.8 Å². The van der Waals surface area contributed by atoms with Crippen molar-refractivity contribution in [1.82, 2.24) is 0 Å². The number of anilines is 1. The Bertz CT molecular complexity index is 632. The van der Waals surface area contributed by atoms with Gasteiger partial charge in [-0.15, -0.1) is 0 Å². The first kappa shape index (κ1) is 14.7. The minimum absolute atomic E-state index is 0.0110. The molecule has 1 amide bonds. The first-order chi connectivity index (χ1) is 10.3. The Hall–Kier alpha value is -2.67. The van der Waals surface area contributed by atoms with Gasteiger partial charge in [-0.3, -0.25) is 4.79 Å². The number of aryl methyl sites for hydroxylation is 1. The molecule has 0 spiro atoms. The van der Waals surface area contributed by atoms with E-state index >= 15 is 0 Å². The topological polar surface area (TPSA) is 56.8 Å². The maximum absolute atomic E-state index is 11.8. The van der Waals surface area contributed by atoms with Crippen molar-refractivity contribution in [3.8, 4) is 6.07 Å². The van der Waals surface area contributed by atoms with Crippen LogP contribution in [0.2, 0.25) is 0 Å². The smallest absolute Gasteiger partial charge is 0.224 e. The van der Waals surface area contributed by atoms with Crippen LogP contribution in [-0.4, -0.2) is 5.91 Å². The third-order valence-electron chi connectivity index (χ3n) is 3.12. The zero-order valence-corrected chi connectivity index (χ0v) is 11.8. The van der Waals surface area contributed by atoms with E-state index in [0.29, 0.717) is 17.7 Å².